The van der Waals surface area contributed by atoms with Gasteiger partial charge < -0.3 is 4.74 Å². The van der Waals surface area contributed by atoms with Gasteiger partial charge in [0.15, 0.2) is 0 Å². The van der Waals surface area contributed by atoms with Crippen LogP contribution in [0, 0.1) is 3.57 Å². The molecule has 70 valence electrons. The van der Waals surface area contributed by atoms with E-state index in [1.165, 1.54) is 7.11 Å². The molecule has 0 heterocycles. The highest BCUT2D eigenvalue weighted by Gasteiger charge is 2.06. The molecular weight excluding hydrogens is 302 g/mol. The third kappa shape index (κ3) is 3.15. The van der Waals surface area contributed by atoms with Gasteiger partial charge in [0.2, 0.25) is 0 Å². The van der Waals surface area contributed by atoms with Crippen molar-refractivity contribution in [3.05, 3.63) is 32.4 Å². The van der Waals surface area contributed by atoms with Crippen LogP contribution in [0.3, 0.4) is 0 Å². The molecule has 1 aromatic carbocycles. The summed E-state index contributed by atoms with van der Waals surface area (Å²) in [6, 6.07) is 5.56. The number of ether oxygens (including phenoxy) is 1. The smallest absolute Gasteiger partial charge is 0.310 e. The Kier molecular flexibility index (Phi) is 3.99. The summed E-state index contributed by atoms with van der Waals surface area (Å²) < 4.78 is 5.59. The first-order chi connectivity index (χ1) is 6.13. The quantitative estimate of drug-likeness (QED) is 0.620. The average molecular weight is 311 g/mol. The van der Waals surface area contributed by atoms with Crippen LogP contribution in [-0.4, -0.2) is 13.1 Å². The average Bonchev–Trinajstić information content (AvgIpc) is 2.09. The second-order valence-electron chi connectivity index (χ2n) is 2.49. The molecule has 0 unspecified atom stereocenters. The van der Waals surface area contributed by atoms with E-state index in [0.717, 1.165) is 9.13 Å². The number of esters is 1. The number of carbonyl (C=O) groups excluding carboxylic acids is 1. The van der Waals surface area contributed by atoms with Crippen LogP contribution in [0.15, 0.2) is 18.2 Å². The number of rotatable bonds is 2. The molecule has 0 N–H and O–H groups in total. The minimum absolute atomic E-state index is 0.228. The molecule has 0 aromatic heterocycles. The summed E-state index contributed by atoms with van der Waals surface area (Å²) in [4.78, 5) is 10.9. The molecule has 0 spiro atoms. The Morgan fingerprint density at radius 3 is 2.85 bits per heavy atom. The normalized spacial score (nSPS) is 9.77. The Morgan fingerprint density at radius 1 is 1.62 bits per heavy atom. The molecule has 0 saturated carbocycles. The number of hydrogen-bond acceptors (Lipinski definition) is 2. The first-order valence-corrected chi connectivity index (χ1v) is 5.10. The highest BCUT2D eigenvalue weighted by Crippen LogP contribution is 2.19. The molecule has 0 aliphatic heterocycles. The van der Waals surface area contributed by atoms with E-state index < -0.39 is 0 Å². The number of halogens is 2. The lowest BCUT2D eigenvalue weighted by Gasteiger charge is -2.02. The molecule has 0 bridgehead atoms. The summed E-state index contributed by atoms with van der Waals surface area (Å²) in [5.74, 6) is -0.275. The van der Waals surface area contributed by atoms with Gasteiger partial charge in [0.25, 0.3) is 0 Å². The fourth-order valence-electron chi connectivity index (χ4n) is 0.893. The van der Waals surface area contributed by atoms with E-state index in [1.54, 1.807) is 0 Å². The lowest BCUT2D eigenvalue weighted by Crippen LogP contribution is -2.04. The van der Waals surface area contributed by atoms with Crippen LogP contribution in [-0.2, 0) is 16.0 Å². The van der Waals surface area contributed by atoms with Crippen molar-refractivity contribution in [2.24, 2.45) is 0 Å². The van der Waals surface area contributed by atoms with Gasteiger partial charge in [0.05, 0.1) is 13.5 Å². The molecule has 0 aliphatic carbocycles. The Morgan fingerprint density at radius 2 is 2.31 bits per heavy atom. The second kappa shape index (κ2) is 4.81. The second-order valence-corrected chi connectivity index (χ2v) is 4.14. The SMILES string of the molecule is COC(=O)Cc1ccc(I)cc1Cl. The van der Waals surface area contributed by atoms with Crippen molar-refractivity contribution < 1.29 is 9.53 Å². The van der Waals surface area contributed by atoms with Crippen molar-refractivity contribution in [1.82, 2.24) is 0 Å². The highest BCUT2D eigenvalue weighted by molar-refractivity contribution is 14.1. The molecule has 1 aromatic rings. The maximum absolute atomic E-state index is 10.9. The van der Waals surface area contributed by atoms with Crippen LogP contribution in [0.2, 0.25) is 5.02 Å². The van der Waals surface area contributed by atoms with Crippen molar-refractivity contribution in [2.45, 2.75) is 6.42 Å². The Balaban J connectivity index is 2.83. The third-order valence-corrected chi connectivity index (χ3v) is 2.60. The minimum atomic E-state index is -0.275. The van der Waals surface area contributed by atoms with Crippen LogP contribution in [0.5, 0.6) is 0 Å². The zero-order valence-electron chi connectivity index (χ0n) is 7.01. The molecule has 0 aliphatic rings. The summed E-state index contributed by atoms with van der Waals surface area (Å²) >= 11 is 8.08. The largest absolute Gasteiger partial charge is 0.469 e. The van der Waals surface area contributed by atoms with Crippen molar-refractivity contribution in [1.29, 1.82) is 0 Å². The van der Waals surface area contributed by atoms with E-state index >= 15 is 0 Å². The van der Waals surface area contributed by atoms with Crippen molar-refractivity contribution >= 4 is 40.2 Å². The van der Waals surface area contributed by atoms with Crippen molar-refractivity contribution in [3.8, 4) is 0 Å². The topological polar surface area (TPSA) is 26.3 Å². The number of carbonyl (C=O) groups is 1. The zero-order valence-corrected chi connectivity index (χ0v) is 9.93. The van der Waals surface area contributed by atoms with E-state index in [1.807, 2.05) is 18.2 Å². The van der Waals surface area contributed by atoms with E-state index in [2.05, 4.69) is 27.3 Å². The molecule has 0 atom stereocenters. The van der Waals surface area contributed by atoms with Crippen LogP contribution in [0.1, 0.15) is 5.56 Å². The van der Waals surface area contributed by atoms with Crippen molar-refractivity contribution in [3.63, 3.8) is 0 Å². The van der Waals surface area contributed by atoms with Gasteiger partial charge in [-0.3, -0.25) is 4.79 Å². The van der Waals surface area contributed by atoms with E-state index in [0.29, 0.717) is 5.02 Å². The Hall–Kier alpha value is -0.290. The van der Waals surface area contributed by atoms with Gasteiger partial charge in [-0.1, -0.05) is 17.7 Å². The van der Waals surface area contributed by atoms with Gasteiger partial charge in [-0.15, -0.1) is 0 Å². The fraction of sp³-hybridized carbons (Fsp3) is 0.222. The van der Waals surface area contributed by atoms with Crippen LogP contribution >= 0.6 is 34.2 Å². The number of hydrogen-bond donors (Lipinski definition) is 0. The predicted molar refractivity (Wildman–Crippen MR) is 59.9 cm³/mol. The van der Waals surface area contributed by atoms with E-state index in [-0.39, 0.29) is 12.4 Å². The molecular formula is C9H8ClIO2. The first-order valence-electron chi connectivity index (χ1n) is 3.64. The Labute approximate surface area is 95.4 Å². The summed E-state index contributed by atoms with van der Waals surface area (Å²) in [6.45, 7) is 0. The third-order valence-electron chi connectivity index (χ3n) is 1.58. The van der Waals surface area contributed by atoms with Gasteiger partial charge in [-0.2, -0.15) is 0 Å². The van der Waals surface area contributed by atoms with Crippen LogP contribution < -0.4 is 0 Å². The number of benzene rings is 1. The Bertz CT molecular complexity index is 325. The molecule has 0 amide bonds. The van der Waals surface area contributed by atoms with Gasteiger partial charge in [-0.25, -0.2) is 0 Å². The van der Waals surface area contributed by atoms with Crippen LogP contribution in [0.25, 0.3) is 0 Å². The van der Waals surface area contributed by atoms with E-state index in [9.17, 15) is 4.79 Å². The minimum Gasteiger partial charge on any atom is -0.469 e. The zero-order chi connectivity index (χ0) is 9.84. The molecule has 0 fully saturated rings. The van der Waals surface area contributed by atoms with Crippen LogP contribution in [0.4, 0.5) is 0 Å². The molecule has 13 heavy (non-hydrogen) atoms. The molecule has 2 nitrogen and oxygen atoms in total. The predicted octanol–water partition coefficient (Wildman–Crippen LogP) is 2.66. The maximum Gasteiger partial charge on any atom is 0.310 e. The lowest BCUT2D eigenvalue weighted by atomic mass is 10.1. The molecule has 0 radical (unpaired) electrons. The summed E-state index contributed by atoms with van der Waals surface area (Å²) in [5.41, 5.74) is 0.800. The van der Waals surface area contributed by atoms with Gasteiger partial charge in [0.1, 0.15) is 0 Å². The molecule has 1 rings (SSSR count). The molecule has 4 heteroatoms. The summed E-state index contributed by atoms with van der Waals surface area (Å²) in [6.07, 6.45) is 0.228. The highest BCUT2D eigenvalue weighted by atomic mass is 127. The lowest BCUT2D eigenvalue weighted by molar-refractivity contribution is -0.139. The monoisotopic (exact) mass is 310 g/mol. The standard InChI is InChI=1S/C9H8ClIO2/c1-13-9(12)4-6-2-3-7(11)5-8(6)10/h2-3,5H,4H2,1H3. The molecule has 0 saturated heterocycles. The van der Waals surface area contributed by atoms with Gasteiger partial charge in [-0.05, 0) is 40.3 Å². The van der Waals surface area contributed by atoms with Gasteiger partial charge >= 0.3 is 5.97 Å². The summed E-state index contributed by atoms with van der Waals surface area (Å²) in [7, 11) is 1.36. The number of methoxy groups -OCH3 is 1. The van der Waals surface area contributed by atoms with E-state index in [4.69, 9.17) is 11.6 Å². The van der Waals surface area contributed by atoms with Crippen molar-refractivity contribution in [2.75, 3.05) is 7.11 Å². The fourth-order valence-corrected chi connectivity index (χ4v) is 1.82. The van der Waals surface area contributed by atoms with Gasteiger partial charge in [0, 0.05) is 8.59 Å². The first kappa shape index (κ1) is 10.8. The summed E-state index contributed by atoms with van der Waals surface area (Å²) in [5, 5.41) is 0.609. The maximum atomic E-state index is 10.9.